The van der Waals surface area contributed by atoms with E-state index >= 15 is 0 Å². The number of hydrogen-bond acceptors (Lipinski definition) is 2. The minimum atomic E-state index is 0.516. The van der Waals surface area contributed by atoms with E-state index in [1.54, 1.807) is 0 Å². The van der Waals surface area contributed by atoms with E-state index < -0.39 is 0 Å². The number of likely N-dealkylation sites (tertiary alicyclic amines) is 1. The molecular weight excluding hydrogens is 198 g/mol. The van der Waals surface area contributed by atoms with Gasteiger partial charge in [0.2, 0.25) is 0 Å². The minimum Gasteiger partial charge on any atom is -0.377 e. The van der Waals surface area contributed by atoms with Crippen LogP contribution < -0.4 is 0 Å². The van der Waals surface area contributed by atoms with Gasteiger partial charge in [-0.05, 0) is 31.7 Å². The maximum Gasteiger partial charge on any atom is 0.0714 e. The van der Waals surface area contributed by atoms with E-state index in [0.717, 1.165) is 19.1 Å². The van der Waals surface area contributed by atoms with E-state index in [1.807, 2.05) is 13.8 Å². The molecule has 2 nitrogen and oxygen atoms in total. The van der Waals surface area contributed by atoms with Crippen LogP contribution in [0.4, 0.5) is 0 Å². The Bertz CT molecular complexity index is 148. The summed E-state index contributed by atoms with van der Waals surface area (Å²) in [5.41, 5.74) is 0. The summed E-state index contributed by atoms with van der Waals surface area (Å²) in [6.45, 7) is 15.3. The highest BCUT2D eigenvalue weighted by Gasteiger charge is 2.20. The van der Waals surface area contributed by atoms with E-state index in [-0.39, 0.29) is 0 Å². The first-order valence-electron chi connectivity index (χ1n) is 7.06. The lowest BCUT2D eigenvalue weighted by molar-refractivity contribution is 0.0556. The first kappa shape index (κ1) is 15.9. The predicted octanol–water partition coefficient (Wildman–Crippen LogP) is 3.56. The normalized spacial score (nSPS) is 21.0. The monoisotopic (exact) mass is 229 g/mol. The van der Waals surface area contributed by atoms with Gasteiger partial charge in [0, 0.05) is 19.7 Å². The van der Waals surface area contributed by atoms with Gasteiger partial charge < -0.3 is 9.64 Å². The van der Waals surface area contributed by atoms with Gasteiger partial charge in [0.1, 0.15) is 0 Å². The van der Waals surface area contributed by atoms with Crippen molar-refractivity contribution in [2.24, 2.45) is 5.92 Å². The number of likely N-dealkylation sites (N-methyl/N-ethyl adjacent to an activating group) is 1. The van der Waals surface area contributed by atoms with Gasteiger partial charge in [-0.2, -0.15) is 0 Å². The van der Waals surface area contributed by atoms with Crippen molar-refractivity contribution in [2.75, 3.05) is 26.2 Å². The SMILES string of the molecule is CC.CCN1CCC(OCCCC(C)C)C1. The molecule has 98 valence electrons. The summed E-state index contributed by atoms with van der Waals surface area (Å²) in [5, 5.41) is 0. The molecule has 16 heavy (non-hydrogen) atoms. The molecule has 0 radical (unpaired) electrons. The summed E-state index contributed by atoms with van der Waals surface area (Å²) < 4.78 is 5.84. The molecule has 1 saturated heterocycles. The van der Waals surface area contributed by atoms with Crippen LogP contribution in [0.15, 0.2) is 0 Å². The predicted molar refractivity (Wildman–Crippen MR) is 71.9 cm³/mol. The zero-order valence-electron chi connectivity index (χ0n) is 12.0. The Morgan fingerprint density at radius 1 is 1.31 bits per heavy atom. The first-order valence-corrected chi connectivity index (χ1v) is 7.06. The third-order valence-electron chi connectivity index (χ3n) is 2.96. The average molecular weight is 229 g/mol. The number of hydrogen-bond donors (Lipinski definition) is 0. The van der Waals surface area contributed by atoms with Gasteiger partial charge in [0.15, 0.2) is 0 Å². The highest BCUT2D eigenvalue weighted by Crippen LogP contribution is 2.13. The van der Waals surface area contributed by atoms with E-state index in [4.69, 9.17) is 4.74 Å². The number of ether oxygens (including phenoxy) is 1. The van der Waals surface area contributed by atoms with Gasteiger partial charge in [-0.15, -0.1) is 0 Å². The molecule has 0 aromatic carbocycles. The maximum absolute atomic E-state index is 5.84. The Morgan fingerprint density at radius 2 is 2.00 bits per heavy atom. The van der Waals surface area contributed by atoms with Gasteiger partial charge >= 0.3 is 0 Å². The highest BCUT2D eigenvalue weighted by molar-refractivity contribution is 4.74. The van der Waals surface area contributed by atoms with Crippen LogP contribution in [0.2, 0.25) is 0 Å². The molecule has 1 heterocycles. The van der Waals surface area contributed by atoms with Crippen molar-refractivity contribution >= 4 is 0 Å². The Hall–Kier alpha value is -0.0800. The zero-order chi connectivity index (χ0) is 12.4. The second-order valence-electron chi connectivity index (χ2n) is 4.71. The standard InChI is InChI=1S/C12H25NO.C2H6/c1-4-13-8-7-12(10-13)14-9-5-6-11(2)3;1-2/h11-12H,4-10H2,1-3H3;1-2H3. The van der Waals surface area contributed by atoms with Crippen LogP contribution in [0.1, 0.15) is 53.9 Å². The molecule has 1 aliphatic heterocycles. The molecule has 2 heteroatoms. The second-order valence-corrected chi connectivity index (χ2v) is 4.71. The van der Waals surface area contributed by atoms with Crippen LogP contribution in [-0.4, -0.2) is 37.2 Å². The van der Waals surface area contributed by atoms with Crippen LogP contribution in [0.3, 0.4) is 0 Å². The first-order chi connectivity index (χ1) is 7.72. The Kier molecular flexibility index (Phi) is 10.0. The Balaban J connectivity index is 0.00000106. The smallest absolute Gasteiger partial charge is 0.0714 e. The van der Waals surface area contributed by atoms with Gasteiger partial charge in [-0.1, -0.05) is 34.6 Å². The summed E-state index contributed by atoms with van der Waals surface area (Å²) >= 11 is 0. The van der Waals surface area contributed by atoms with Crippen molar-refractivity contribution in [3.8, 4) is 0 Å². The van der Waals surface area contributed by atoms with Gasteiger partial charge in [-0.25, -0.2) is 0 Å². The molecule has 1 unspecified atom stereocenters. The topological polar surface area (TPSA) is 12.5 Å². The van der Waals surface area contributed by atoms with E-state index in [9.17, 15) is 0 Å². The lowest BCUT2D eigenvalue weighted by atomic mass is 10.1. The lowest BCUT2D eigenvalue weighted by Crippen LogP contribution is -2.23. The van der Waals surface area contributed by atoms with Crippen molar-refractivity contribution in [1.29, 1.82) is 0 Å². The third kappa shape index (κ3) is 7.24. The largest absolute Gasteiger partial charge is 0.377 e. The Morgan fingerprint density at radius 3 is 2.50 bits per heavy atom. The molecule has 0 aliphatic carbocycles. The second kappa shape index (κ2) is 10.1. The molecule has 0 saturated carbocycles. The molecule has 1 rings (SSSR count). The number of rotatable bonds is 6. The molecular formula is C14H31NO. The molecule has 0 spiro atoms. The van der Waals surface area contributed by atoms with Crippen LogP contribution in [0, 0.1) is 5.92 Å². The van der Waals surface area contributed by atoms with Crippen molar-refractivity contribution in [3.63, 3.8) is 0 Å². The molecule has 0 aromatic heterocycles. The average Bonchev–Trinajstić information content (AvgIpc) is 2.75. The van der Waals surface area contributed by atoms with Crippen LogP contribution >= 0.6 is 0 Å². The van der Waals surface area contributed by atoms with Crippen molar-refractivity contribution in [2.45, 2.75) is 60.0 Å². The van der Waals surface area contributed by atoms with Crippen LogP contribution in [0.25, 0.3) is 0 Å². The Labute approximate surface area is 102 Å². The van der Waals surface area contributed by atoms with Crippen LogP contribution in [0.5, 0.6) is 0 Å². The van der Waals surface area contributed by atoms with Crippen LogP contribution in [-0.2, 0) is 4.74 Å². The molecule has 0 aromatic rings. The summed E-state index contributed by atoms with van der Waals surface area (Å²) in [6, 6.07) is 0. The minimum absolute atomic E-state index is 0.516. The van der Waals surface area contributed by atoms with Gasteiger partial charge in [-0.3, -0.25) is 0 Å². The molecule has 0 bridgehead atoms. The quantitative estimate of drug-likeness (QED) is 0.646. The van der Waals surface area contributed by atoms with E-state index in [0.29, 0.717) is 6.10 Å². The fraction of sp³-hybridized carbons (Fsp3) is 1.00. The molecule has 1 atom stereocenters. The van der Waals surface area contributed by atoms with Gasteiger partial charge in [0.05, 0.1) is 6.10 Å². The van der Waals surface area contributed by atoms with E-state index in [1.165, 1.54) is 32.4 Å². The van der Waals surface area contributed by atoms with Crippen molar-refractivity contribution in [3.05, 3.63) is 0 Å². The summed E-state index contributed by atoms with van der Waals surface area (Å²) in [4.78, 5) is 2.47. The zero-order valence-corrected chi connectivity index (χ0v) is 12.0. The van der Waals surface area contributed by atoms with Crippen molar-refractivity contribution in [1.82, 2.24) is 4.90 Å². The summed E-state index contributed by atoms with van der Waals surface area (Å²) in [7, 11) is 0. The third-order valence-corrected chi connectivity index (χ3v) is 2.96. The maximum atomic E-state index is 5.84. The number of nitrogens with zero attached hydrogens (tertiary/aromatic N) is 1. The summed E-state index contributed by atoms with van der Waals surface area (Å²) in [5.74, 6) is 0.814. The summed E-state index contributed by atoms with van der Waals surface area (Å²) in [6.07, 6.45) is 4.27. The van der Waals surface area contributed by atoms with Gasteiger partial charge in [0.25, 0.3) is 0 Å². The fourth-order valence-corrected chi connectivity index (χ4v) is 1.96. The molecule has 0 amide bonds. The lowest BCUT2D eigenvalue weighted by Gasteiger charge is -2.14. The molecule has 1 aliphatic rings. The van der Waals surface area contributed by atoms with E-state index in [2.05, 4.69) is 25.7 Å². The molecule has 1 fully saturated rings. The van der Waals surface area contributed by atoms with Crippen molar-refractivity contribution < 1.29 is 4.74 Å². The highest BCUT2D eigenvalue weighted by atomic mass is 16.5. The molecule has 0 N–H and O–H groups in total. The fourth-order valence-electron chi connectivity index (χ4n) is 1.96.